The fourth-order valence-electron chi connectivity index (χ4n) is 3.77. The molecule has 112 valence electrons. The summed E-state index contributed by atoms with van der Waals surface area (Å²) in [5, 5.41) is 3.46. The van der Waals surface area contributed by atoms with E-state index in [1.807, 2.05) is 0 Å². The molecule has 1 atom stereocenters. The number of likely N-dealkylation sites (N-methyl/N-ethyl adjacent to an activating group) is 1. The van der Waals surface area contributed by atoms with Crippen molar-refractivity contribution in [3.05, 3.63) is 35.4 Å². The van der Waals surface area contributed by atoms with Crippen LogP contribution in [0.4, 0.5) is 8.78 Å². The first-order valence-electron chi connectivity index (χ1n) is 7.39. The molecule has 20 heavy (non-hydrogen) atoms. The maximum atomic E-state index is 13.9. The maximum Gasteiger partial charge on any atom is 0.162 e. The average Bonchev–Trinajstić information content (AvgIpc) is 2.75. The van der Waals surface area contributed by atoms with Crippen LogP contribution in [0.15, 0.2) is 18.2 Å². The van der Waals surface area contributed by atoms with E-state index in [0.717, 1.165) is 6.54 Å². The Morgan fingerprint density at radius 3 is 2.25 bits per heavy atom. The SMILES string of the molecule is CCNC(Cc1cccc(F)c1F)C1C(C)(C)C1(C)C. The standard InChI is InChI=1S/C17H25F2N/c1-6-20-13(15-16(2,3)17(15,4)5)10-11-8-7-9-12(18)14(11)19/h7-9,13,15,20H,6,10H2,1-5H3. The Labute approximate surface area is 120 Å². The minimum absolute atomic E-state index is 0.182. The summed E-state index contributed by atoms with van der Waals surface area (Å²) < 4.78 is 27.2. The molecule has 3 heteroatoms. The molecular weight excluding hydrogens is 256 g/mol. The second kappa shape index (κ2) is 5.10. The van der Waals surface area contributed by atoms with Crippen molar-refractivity contribution in [2.45, 2.75) is 47.1 Å². The van der Waals surface area contributed by atoms with Crippen LogP contribution in [0, 0.1) is 28.4 Å². The monoisotopic (exact) mass is 281 g/mol. The summed E-state index contributed by atoms with van der Waals surface area (Å²) in [6, 6.07) is 4.62. The number of benzene rings is 1. The van der Waals surface area contributed by atoms with Crippen molar-refractivity contribution in [2.75, 3.05) is 6.54 Å². The first-order chi connectivity index (χ1) is 9.23. The molecule has 0 spiro atoms. The Balaban J connectivity index is 2.22. The van der Waals surface area contributed by atoms with Gasteiger partial charge in [0.2, 0.25) is 0 Å². The van der Waals surface area contributed by atoms with E-state index < -0.39 is 11.6 Å². The molecule has 1 unspecified atom stereocenters. The summed E-state index contributed by atoms with van der Waals surface area (Å²) in [4.78, 5) is 0. The lowest BCUT2D eigenvalue weighted by Gasteiger charge is -2.21. The lowest BCUT2D eigenvalue weighted by Crippen LogP contribution is -2.35. The van der Waals surface area contributed by atoms with Crippen LogP contribution in [0.1, 0.15) is 40.2 Å². The van der Waals surface area contributed by atoms with Gasteiger partial charge in [0, 0.05) is 6.04 Å². The van der Waals surface area contributed by atoms with Gasteiger partial charge in [0.05, 0.1) is 0 Å². The van der Waals surface area contributed by atoms with Crippen molar-refractivity contribution in [3.8, 4) is 0 Å². The van der Waals surface area contributed by atoms with Gasteiger partial charge in [-0.15, -0.1) is 0 Å². The zero-order valence-electron chi connectivity index (χ0n) is 13.1. The van der Waals surface area contributed by atoms with Gasteiger partial charge in [0.15, 0.2) is 11.6 Å². The molecule has 1 aliphatic carbocycles. The van der Waals surface area contributed by atoms with Crippen LogP contribution >= 0.6 is 0 Å². The molecular formula is C17H25F2N. The highest BCUT2D eigenvalue weighted by atomic mass is 19.2. The predicted octanol–water partition coefficient (Wildman–Crippen LogP) is 4.17. The van der Waals surface area contributed by atoms with E-state index >= 15 is 0 Å². The van der Waals surface area contributed by atoms with Crippen molar-refractivity contribution in [2.24, 2.45) is 16.7 Å². The van der Waals surface area contributed by atoms with Gasteiger partial charge in [0.25, 0.3) is 0 Å². The van der Waals surface area contributed by atoms with Crippen molar-refractivity contribution < 1.29 is 8.78 Å². The molecule has 0 amide bonds. The van der Waals surface area contributed by atoms with Gasteiger partial charge in [-0.1, -0.05) is 46.8 Å². The fraction of sp³-hybridized carbons (Fsp3) is 0.647. The van der Waals surface area contributed by atoms with Crippen molar-refractivity contribution in [3.63, 3.8) is 0 Å². The van der Waals surface area contributed by atoms with E-state index in [1.165, 1.54) is 6.07 Å². The normalized spacial score (nSPS) is 21.8. The average molecular weight is 281 g/mol. The summed E-state index contributed by atoms with van der Waals surface area (Å²) in [6.07, 6.45) is 0.537. The largest absolute Gasteiger partial charge is 0.314 e. The first kappa shape index (κ1) is 15.4. The Morgan fingerprint density at radius 2 is 1.75 bits per heavy atom. The minimum atomic E-state index is -0.757. The smallest absolute Gasteiger partial charge is 0.162 e. The molecule has 1 fully saturated rings. The van der Waals surface area contributed by atoms with Gasteiger partial charge in [-0.3, -0.25) is 0 Å². The summed E-state index contributed by atoms with van der Waals surface area (Å²) in [6.45, 7) is 11.9. The van der Waals surface area contributed by atoms with Crippen LogP contribution < -0.4 is 5.32 Å². The molecule has 1 aromatic carbocycles. The number of hydrogen-bond donors (Lipinski definition) is 1. The molecule has 0 aromatic heterocycles. The molecule has 0 heterocycles. The molecule has 1 N–H and O–H groups in total. The molecule has 0 aliphatic heterocycles. The van der Waals surface area contributed by atoms with Crippen LogP contribution in [0.25, 0.3) is 0 Å². The van der Waals surface area contributed by atoms with Crippen LogP contribution in [0.2, 0.25) is 0 Å². The Kier molecular flexibility index (Phi) is 3.94. The van der Waals surface area contributed by atoms with Crippen LogP contribution in [0.3, 0.4) is 0 Å². The molecule has 0 saturated heterocycles. The topological polar surface area (TPSA) is 12.0 Å². The predicted molar refractivity (Wildman–Crippen MR) is 78.6 cm³/mol. The van der Waals surface area contributed by atoms with Gasteiger partial charge in [-0.05, 0) is 41.3 Å². The molecule has 0 bridgehead atoms. The van der Waals surface area contributed by atoms with Crippen LogP contribution in [-0.2, 0) is 6.42 Å². The number of rotatable bonds is 5. The van der Waals surface area contributed by atoms with Crippen LogP contribution in [0.5, 0.6) is 0 Å². The van der Waals surface area contributed by atoms with E-state index in [4.69, 9.17) is 0 Å². The third kappa shape index (κ3) is 2.37. The molecule has 1 saturated carbocycles. The Morgan fingerprint density at radius 1 is 1.15 bits per heavy atom. The lowest BCUT2D eigenvalue weighted by atomic mass is 9.96. The number of nitrogens with one attached hydrogen (secondary N) is 1. The Bertz CT molecular complexity index is 480. The van der Waals surface area contributed by atoms with Gasteiger partial charge in [0.1, 0.15) is 0 Å². The van der Waals surface area contributed by atoms with Gasteiger partial charge in [-0.2, -0.15) is 0 Å². The fourth-order valence-corrected chi connectivity index (χ4v) is 3.77. The minimum Gasteiger partial charge on any atom is -0.314 e. The van der Waals surface area contributed by atoms with E-state index in [1.54, 1.807) is 12.1 Å². The first-order valence-corrected chi connectivity index (χ1v) is 7.39. The summed E-state index contributed by atoms with van der Waals surface area (Å²) >= 11 is 0. The number of halogens is 2. The zero-order valence-corrected chi connectivity index (χ0v) is 13.1. The molecule has 0 radical (unpaired) electrons. The highest BCUT2D eigenvalue weighted by Crippen LogP contribution is 2.69. The molecule has 2 rings (SSSR count). The summed E-state index contributed by atoms with van der Waals surface area (Å²) in [5.41, 5.74) is 0.919. The second-order valence-electron chi connectivity index (χ2n) is 7.00. The van der Waals surface area contributed by atoms with E-state index in [0.29, 0.717) is 17.9 Å². The maximum absolute atomic E-state index is 13.9. The van der Waals surface area contributed by atoms with Gasteiger partial charge >= 0.3 is 0 Å². The van der Waals surface area contributed by atoms with E-state index in [2.05, 4.69) is 39.9 Å². The number of hydrogen-bond acceptors (Lipinski definition) is 1. The lowest BCUT2D eigenvalue weighted by molar-refractivity contribution is 0.394. The van der Waals surface area contributed by atoms with Crippen LogP contribution in [-0.4, -0.2) is 12.6 Å². The molecule has 1 nitrogen and oxygen atoms in total. The van der Waals surface area contributed by atoms with E-state index in [9.17, 15) is 8.78 Å². The van der Waals surface area contributed by atoms with Crippen molar-refractivity contribution in [1.29, 1.82) is 0 Å². The zero-order chi connectivity index (χ0) is 15.1. The van der Waals surface area contributed by atoms with Crippen molar-refractivity contribution in [1.82, 2.24) is 5.32 Å². The third-order valence-electron chi connectivity index (χ3n) is 5.47. The van der Waals surface area contributed by atoms with Crippen molar-refractivity contribution >= 4 is 0 Å². The highest BCUT2D eigenvalue weighted by Gasteiger charge is 2.66. The summed E-state index contributed by atoms with van der Waals surface area (Å²) in [5.74, 6) is -0.989. The summed E-state index contributed by atoms with van der Waals surface area (Å²) in [7, 11) is 0. The highest BCUT2D eigenvalue weighted by molar-refractivity contribution is 5.23. The molecule has 1 aromatic rings. The van der Waals surface area contributed by atoms with Gasteiger partial charge < -0.3 is 5.32 Å². The van der Waals surface area contributed by atoms with Gasteiger partial charge in [-0.25, -0.2) is 8.78 Å². The molecule has 1 aliphatic rings. The third-order valence-corrected chi connectivity index (χ3v) is 5.47. The quantitative estimate of drug-likeness (QED) is 0.854. The Hall–Kier alpha value is -0.960. The van der Waals surface area contributed by atoms with E-state index in [-0.39, 0.29) is 16.9 Å². The second-order valence-corrected chi connectivity index (χ2v) is 7.00.